The summed E-state index contributed by atoms with van der Waals surface area (Å²) in [5.41, 5.74) is 3.46. The molecule has 0 aliphatic rings. The molecule has 1 heterocycles. The average Bonchev–Trinajstić information content (AvgIpc) is 3.01. The smallest absolute Gasteiger partial charge is 0.248 e. The number of hydrogen-bond donors (Lipinski definition) is 2. The zero-order valence-electron chi connectivity index (χ0n) is 13.7. The van der Waals surface area contributed by atoms with Gasteiger partial charge in [-0.3, -0.25) is 5.32 Å². The number of hydrogen-bond acceptors (Lipinski definition) is 3. The van der Waals surface area contributed by atoms with Gasteiger partial charge in [0.15, 0.2) is 5.11 Å². The van der Waals surface area contributed by atoms with E-state index in [1.54, 1.807) is 11.0 Å². The van der Waals surface area contributed by atoms with Crippen LogP contribution < -0.4 is 10.6 Å². The Morgan fingerprint density at radius 2 is 1.96 bits per heavy atom. The Kier molecular flexibility index (Phi) is 5.63. The summed E-state index contributed by atoms with van der Waals surface area (Å²) in [6.07, 6.45) is 1.66. The van der Waals surface area contributed by atoms with Crippen molar-refractivity contribution in [3.8, 4) is 0 Å². The first-order valence-electron chi connectivity index (χ1n) is 7.83. The van der Waals surface area contributed by atoms with Crippen LogP contribution in [0.4, 0.5) is 5.95 Å². The fourth-order valence-corrected chi connectivity index (χ4v) is 2.66. The first-order chi connectivity index (χ1) is 12.1. The molecule has 2 N–H and O–H groups in total. The van der Waals surface area contributed by atoms with Gasteiger partial charge in [0.25, 0.3) is 0 Å². The van der Waals surface area contributed by atoms with Crippen LogP contribution in [0.5, 0.6) is 0 Å². The highest BCUT2D eigenvalue weighted by Gasteiger charge is 2.04. The molecule has 5 nitrogen and oxygen atoms in total. The molecule has 0 aliphatic heterocycles. The van der Waals surface area contributed by atoms with Crippen molar-refractivity contribution >= 4 is 34.9 Å². The fourth-order valence-electron chi connectivity index (χ4n) is 2.28. The van der Waals surface area contributed by atoms with Crippen LogP contribution in [0.25, 0.3) is 0 Å². The highest BCUT2D eigenvalue weighted by atomic mass is 35.5. The van der Waals surface area contributed by atoms with Crippen LogP contribution in [-0.2, 0) is 13.1 Å². The largest absolute Gasteiger partial charge is 0.358 e. The molecule has 25 heavy (non-hydrogen) atoms. The number of nitrogens with one attached hydrogen (secondary N) is 2. The lowest BCUT2D eigenvalue weighted by Gasteiger charge is -2.08. The van der Waals surface area contributed by atoms with E-state index < -0.39 is 0 Å². The van der Waals surface area contributed by atoms with Crippen LogP contribution in [0.2, 0.25) is 5.02 Å². The van der Waals surface area contributed by atoms with Crippen molar-refractivity contribution in [1.82, 2.24) is 20.1 Å². The summed E-state index contributed by atoms with van der Waals surface area (Å²) < 4.78 is 1.73. The highest BCUT2D eigenvalue weighted by molar-refractivity contribution is 7.80. The van der Waals surface area contributed by atoms with Gasteiger partial charge in [-0.15, -0.1) is 5.10 Å². The molecule has 0 unspecified atom stereocenters. The third-order valence-corrected chi connectivity index (χ3v) is 4.05. The summed E-state index contributed by atoms with van der Waals surface area (Å²) in [6, 6.07) is 16.0. The lowest BCUT2D eigenvalue weighted by atomic mass is 10.1. The van der Waals surface area contributed by atoms with Crippen LogP contribution >= 0.6 is 23.8 Å². The van der Waals surface area contributed by atoms with Crippen molar-refractivity contribution in [3.05, 3.63) is 76.6 Å². The van der Waals surface area contributed by atoms with Gasteiger partial charge in [-0.2, -0.15) is 0 Å². The van der Waals surface area contributed by atoms with Gasteiger partial charge in [0.2, 0.25) is 5.95 Å². The molecule has 3 aromatic rings. The Hall–Kier alpha value is -2.44. The van der Waals surface area contributed by atoms with Crippen LogP contribution in [0.15, 0.2) is 54.9 Å². The zero-order valence-corrected chi connectivity index (χ0v) is 15.3. The van der Waals surface area contributed by atoms with E-state index in [2.05, 4.69) is 51.9 Å². The summed E-state index contributed by atoms with van der Waals surface area (Å²) in [7, 11) is 0. The second kappa shape index (κ2) is 8.09. The molecule has 0 saturated carbocycles. The molecular formula is C18H18ClN5S. The van der Waals surface area contributed by atoms with E-state index in [9.17, 15) is 0 Å². The van der Waals surface area contributed by atoms with Gasteiger partial charge in [-0.25, -0.2) is 9.67 Å². The Bertz CT molecular complexity index is 860. The molecule has 0 saturated heterocycles. The van der Waals surface area contributed by atoms with E-state index in [4.69, 9.17) is 23.8 Å². The number of benzene rings is 2. The van der Waals surface area contributed by atoms with Crippen molar-refractivity contribution in [2.24, 2.45) is 0 Å². The maximum atomic E-state index is 6.00. The number of anilines is 1. The second-order valence-corrected chi connectivity index (χ2v) is 6.53. The van der Waals surface area contributed by atoms with Crippen LogP contribution in [0.1, 0.15) is 16.7 Å². The molecule has 0 radical (unpaired) electrons. The van der Waals surface area contributed by atoms with E-state index in [1.807, 2.05) is 24.3 Å². The predicted octanol–water partition coefficient (Wildman–Crippen LogP) is 3.77. The number of aromatic nitrogens is 3. The standard InChI is InChI=1S/C18H18ClN5S/c1-13-5-7-14(8-6-13)10-20-18(25)22-17-21-12-24(23-17)11-15-3-2-4-16(19)9-15/h2-9,12H,10-11H2,1H3,(H2,20,22,23,25). The molecule has 0 spiro atoms. The maximum absolute atomic E-state index is 6.00. The fraction of sp³-hybridized carbons (Fsp3) is 0.167. The van der Waals surface area contributed by atoms with Gasteiger partial charge in [-0.1, -0.05) is 53.6 Å². The zero-order chi connectivity index (χ0) is 17.6. The molecule has 3 rings (SSSR count). The van der Waals surface area contributed by atoms with Crippen molar-refractivity contribution in [2.75, 3.05) is 5.32 Å². The molecule has 2 aromatic carbocycles. The molecule has 7 heteroatoms. The van der Waals surface area contributed by atoms with Crippen molar-refractivity contribution in [3.63, 3.8) is 0 Å². The predicted molar refractivity (Wildman–Crippen MR) is 105 cm³/mol. The summed E-state index contributed by atoms with van der Waals surface area (Å²) in [5.74, 6) is 0.462. The quantitative estimate of drug-likeness (QED) is 0.668. The number of halogens is 1. The first kappa shape index (κ1) is 17.4. The maximum Gasteiger partial charge on any atom is 0.248 e. The lowest BCUT2D eigenvalue weighted by molar-refractivity contribution is 0.687. The number of aryl methyl sites for hydroxylation is 1. The minimum absolute atomic E-state index is 0.462. The van der Waals surface area contributed by atoms with Gasteiger partial charge in [0, 0.05) is 11.6 Å². The Morgan fingerprint density at radius 3 is 2.72 bits per heavy atom. The minimum Gasteiger partial charge on any atom is -0.358 e. The minimum atomic E-state index is 0.462. The molecule has 0 atom stereocenters. The molecule has 0 amide bonds. The highest BCUT2D eigenvalue weighted by Crippen LogP contribution is 2.12. The van der Waals surface area contributed by atoms with Crippen LogP contribution in [0.3, 0.4) is 0 Å². The second-order valence-electron chi connectivity index (χ2n) is 5.69. The van der Waals surface area contributed by atoms with Gasteiger partial charge < -0.3 is 5.32 Å². The first-order valence-corrected chi connectivity index (χ1v) is 8.61. The van der Waals surface area contributed by atoms with Crippen LogP contribution in [-0.4, -0.2) is 19.9 Å². The molecule has 128 valence electrons. The topological polar surface area (TPSA) is 54.8 Å². The number of rotatable bonds is 5. The summed E-state index contributed by atoms with van der Waals surface area (Å²) in [5, 5.41) is 11.7. The van der Waals surface area contributed by atoms with E-state index in [1.165, 1.54) is 5.56 Å². The van der Waals surface area contributed by atoms with E-state index in [-0.39, 0.29) is 0 Å². The van der Waals surface area contributed by atoms with E-state index in [0.717, 1.165) is 11.1 Å². The third kappa shape index (κ3) is 5.27. The molecule has 1 aromatic heterocycles. The van der Waals surface area contributed by atoms with Gasteiger partial charge in [-0.05, 0) is 42.4 Å². The van der Waals surface area contributed by atoms with Crippen molar-refractivity contribution in [1.29, 1.82) is 0 Å². The van der Waals surface area contributed by atoms with Gasteiger partial charge >= 0.3 is 0 Å². The third-order valence-electron chi connectivity index (χ3n) is 3.57. The average molecular weight is 372 g/mol. The van der Waals surface area contributed by atoms with Gasteiger partial charge in [0.05, 0.1) is 6.54 Å². The van der Waals surface area contributed by atoms with E-state index in [0.29, 0.717) is 29.2 Å². The molecular weight excluding hydrogens is 354 g/mol. The Labute approximate surface area is 157 Å². The molecule has 0 bridgehead atoms. The number of thiocarbonyl (C=S) groups is 1. The van der Waals surface area contributed by atoms with Gasteiger partial charge in [0.1, 0.15) is 6.33 Å². The Balaban J connectivity index is 1.52. The summed E-state index contributed by atoms with van der Waals surface area (Å²) >= 11 is 11.3. The van der Waals surface area contributed by atoms with Crippen LogP contribution in [0, 0.1) is 6.92 Å². The van der Waals surface area contributed by atoms with Crippen molar-refractivity contribution < 1.29 is 0 Å². The number of nitrogens with zero attached hydrogens (tertiary/aromatic N) is 3. The summed E-state index contributed by atoms with van der Waals surface area (Å²) in [4.78, 5) is 4.22. The molecule has 0 aliphatic carbocycles. The van der Waals surface area contributed by atoms with E-state index >= 15 is 0 Å². The lowest BCUT2D eigenvalue weighted by Crippen LogP contribution is -2.28. The SMILES string of the molecule is Cc1ccc(CNC(=S)Nc2ncn(Cc3cccc(Cl)c3)n2)cc1. The van der Waals surface area contributed by atoms with Crippen molar-refractivity contribution in [2.45, 2.75) is 20.0 Å². The summed E-state index contributed by atoms with van der Waals surface area (Å²) in [6.45, 7) is 3.31. The normalized spacial score (nSPS) is 10.5. The monoisotopic (exact) mass is 371 g/mol. The molecule has 0 fully saturated rings. The Morgan fingerprint density at radius 1 is 1.16 bits per heavy atom.